The Morgan fingerprint density at radius 3 is 2.79 bits per heavy atom. The highest BCUT2D eigenvalue weighted by molar-refractivity contribution is 6.31. The van der Waals surface area contributed by atoms with Gasteiger partial charge in [0.05, 0.1) is 6.42 Å². The highest BCUT2D eigenvalue weighted by Gasteiger charge is 2.19. The molecule has 7 heteroatoms. The van der Waals surface area contributed by atoms with Crippen LogP contribution in [0.25, 0.3) is 0 Å². The SMILES string of the molecule is O=C(Cc1nc(Cc2ccccc2Cl)no1)C(F)F. The topological polar surface area (TPSA) is 56.0 Å². The fraction of sp³-hybridized carbons (Fsp3) is 0.250. The average Bonchev–Trinajstić information content (AvgIpc) is 2.79. The predicted octanol–water partition coefficient (Wildman–Crippen LogP) is 2.69. The van der Waals surface area contributed by atoms with E-state index in [2.05, 4.69) is 10.1 Å². The zero-order valence-corrected chi connectivity index (χ0v) is 10.4. The summed E-state index contributed by atoms with van der Waals surface area (Å²) in [5.74, 6) is -1.06. The number of halogens is 3. The van der Waals surface area contributed by atoms with Crippen LogP contribution in [-0.4, -0.2) is 22.3 Å². The molecule has 0 atom stereocenters. The van der Waals surface area contributed by atoms with Crippen LogP contribution in [0.3, 0.4) is 0 Å². The van der Waals surface area contributed by atoms with Crippen LogP contribution in [-0.2, 0) is 17.6 Å². The maximum atomic E-state index is 12.1. The Morgan fingerprint density at radius 2 is 2.11 bits per heavy atom. The van der Waals surface area contributed by atoms with Gasteiger partial charge in [0.1, 0.15) is 0 Å². The van der Waals surface area contributed by atoms with E-state index < -0.39 is 18.6 Å². The fourth-order valence-electron chi connectivity index (χ4n) is 1.47. The summed E-state index contributed by atoms with van der Waals surface area (Å²) in [6.07, 6.45) is -3.28. The molecule has 4 nitrogen and oxygen atoms in total. The van der Waals surface area contributed by atoms with Crippen molar-refractivity contribution in [3.8, 4) is 0 Å². The maximum Gasteiger partial charge on any atom is 0.296 e. The molecule has 0 saturated heterocycles. The number of aromatic nitrogens is 2. The first kappa shape index (κ1) is 13.6. The van der Waals surface area contributed by atoms with E-state index in [1.807, 2.05) is 6.07 Å². The minimum absolute atomic E-state index is 0.118. The van der Waals surface area contributed by atoms with Gasteiger partial charge in [-0.05, 0) is 11.6 Å². The smallest absolute Gasteiger partial charge is 0.296 e. The van der Waals surface area contributed by atoms with Crippen molar-refractivity contribution in [2.75, 3.05) is 0 Å². The van der Waals surface area contributed by atoms with E-state index in [9.17, 15) is 13.6 Å². The molecular weight excluding hydrogens is 278 g/mol. The van der Waals surface area contributed by atoms with Crippen molar-refractivity contribution in [2.45, 2.75) is 19.3 Å². The highest BCUT2D eigenvalue weighted by atomic mass is 35.5. The van der Waals surface area contributed by atoms with Crippen LogP contribution in [0.15, 0.2) is 28.8 Å². The molecule has 0 N–H and O–H groups in total. The molecule has 1 aromatic carbocycles. The molecule has 2 aromatic rings. The van der Waals surface area contributed by atoms with Gasteiger partial charge >= 0.3 is 0 Å². The number of carbonyl (C=O) groups is 1. The first-order valence-electron chi connectivity index (χ1n) is 5.42. The molecule has 0 unspecified atom stereocenters. The zero-order chi connectivity index (χ0) is 13.8. The van der Waals surface area contributed by atoms with E-state index in [0.29, 0.717) is 17.3 Å². The lowest BCUT2D eigenvalue weighted by Crippen LogP contribution is -2.13. The molecule has 0 aliphatic carbocycles. The van der Waals surface area contributed by atoms with Crippen molar-refractivity contribution in [3.63, 3.8) is 0 Å². The Hall–Kier alpha value is -1.82. The quantitative estimate of drug-likeness (QED) is 0.848. The van der Waals surface area contributed by atoms with Crippen LogP contribution in [0.1, 0.15) is 17.3 Å². The van der Waals surface area contributed by atoms with Gasteiger partial charge in [-0.15, -0.1) is 0 Å². The highest BCUT2D eigenvalue weighted by Crippen LogP contribution is 2.17. The van der Waals surface area contributed by atoms with Gasteiger partial charge in [-0.2, -0.15) is 4.98 Å². The maximum absolute atomic E-state index is 12.1. The normalized spacial score (nSPS) is 10.9. The number of ketones is 1. The Bertz CT molecular complexity index is 587. The number of alkyl halides is 2. The number of benzene rings is 1. The second-order valence-electron chi connectivity index (χ2n) is 3.82. The van der Waals surface area contributed by atoms with Crippen LogP contribution < -0.4 is 0 Å². The number of rotatable bonds is 5. The Morgan fingerprint density at radius 1 is 1.37 bits per heavy atom. The molecule has 0 fully saturated rings. The number of nitrogens with zero attached hydrogens (tertiary/aromatic N) is 2. The van der Waals surface area contributed by atoms with Crippen molar-refractivity contribution < 1.29 is 18.1 Å². The molecule has 19 heavy (non-hydrogen) atoms. The Labute approximate surface area is 112 Å². The summed E-state index contributed by atoms with van der Waals surface area (Å²) in [6.45, 7) is 0. The van der Waals surface area contributed by atoms with Crippen molar-refractivity contribution in [3.05, 3.63) is 46.6 Å². The Kier molecular flexibility index (Phi) is 4.21. The summed E-state index contributed by atoms with van der Waals surface area (Å²) in [7, 11) is 0. The Balaban J connectivity index is 2.06. The lowest BCUT2D eigenvalue weighted by molar-refractivity contribution is -0.129. The zero-order valence-electron chi connectivity index (χ0n) is 9.65. The molecule has 0 aliphatic heterocycles. The van der Waals surface area contributed by atoms with Crippen molar-refractivity contribution in [1.29, 1.82) is 0 Å². The molecular formula is C12H9ClF2N2O2. The summed E-state index contributed by atoms with van der Waals surface area (Å²) < 4.78 is 28.9. The second kappa shape index (κ2) is 5.88. The lowest BCUT2D eigenvalue weighted by Gasteiger charge is -1.98. The third-order valence-electron chi connectivity index (χ3n) is 2.39. The van der Waals surface area contributed by atoms with Crippen LogP contribution in [0.2, 0.25) is 5.02 Å². The van der Waals surface area contributed by atoms with E-state index in [1.54, 1.807) is 18.2 Å². The van der Waals surface area contributed by atoms with E-state index in [4.69, 9.17) is 16.1 Å². The first-order valence-corrected chi connectivity index (χ1v) is 5.80. The van der Waals surface area contributed by atoms with Crippen molar-refractivity contribution in [1.82, 2.24) is 10.1 Å². The van der Waals surface area contributed by atoms with Gasteiger partial charge in [0.15, 0.2) is 5.82 Å². The van der Waals surface area contributed by atoms with Crippen LogP contribution in [0, 0.1) is 0 Å². The molecule has 100 valence electrons. The number of Topliss-reactive ketones (excluding diaryl/α,β-unsaturated/α-hetero) is 1. The fourth-order valence-corrected chi connectivity index (χ4v) is 1.67. The van der Waals surface area contributed by atoms with Gasteiger partial charge in [-0.25, -0.2) is 8.78 Å². The van der Waals surface area contributed by atoms with Gasteiger partial charge in [-0.3, -0.25) is 4.79 Å². The number of hydrogen-bond donors (Lipinski definition) is 0. The van der Waals surface area contributed by atoms with E-state index >= 15 is 0 Å². The minimum Gasteiger partial charge on any atom is -0.339 e. The minimum atomic E-state index is -3.03. The van der Waals surface area contributed by atoms with Crippen LogP contribution in [0.4, 0.5) is 8.78 Å². The third-order valence-corrected chi connectivity index (χ3v) is 2.75. The number of carbonyl (C=O) groups excluding carboxylic acids is 1. The molecule has 2 rings (SSSR count). The average molecular weight is 287 g/mol. The summed E-state index contributed by atoms with van der Waals surface area (Å²) in [5, 5.41) is 4.18. The molecule has 1 heterocycles. The van der Waals surface area contributed by atoms with E-state index in [1.165, 1.54) is 0 Å². The molecule has 0 bridgehead atoms. The van der Waals surface area contributed by atoms with Crippen molar-refractivity contribution in [2.24, 2.45) is 0 Å². The van der Waals surface area contributed by atoms with Gasteiger partial charge in [0.25, 0.3) is 6.43 Å². The van der Waals surface area contributed by atoms with E-state index in [-0.39, 0.29) is 5.89 Å². The van der Waals surface area contributed by atoms with Crippen LogP contribution >= 0.6 is 11.6 Å². The third kappa shape index (κ3) is 3.57. The standard InChI is InChI=1S/C12H9ClF2N2O2/c13-8-4-2-1-3-7(8)5-10-16-11(19-17-10)6-9(18)12(14)15/h1-4,12H,5-6H2. The molecule has 0 spiro atoms. The van der Waals surface area contributed by atoms with Gasteiger partial charge < -0.3 is 4.52 Å². The first-order chi connectivity index (χ1) is 9.06. The molecule has 0 amide bonds. The lowest BCUT2D eigenvalue weighted by atomic mass is 10.1. The van der Waals surface area contributed by atoms with E-state index in [0.717, 1.165) is 5.56 Å². The molecule has 0 radical (unpaired) electrons. The summed E-state index contributed by atoms with van der Waals surface area (Å²) in [6, 6.07) is 7.11. The van der Waals surface area contributed by atoms with Gasteiger partial charge in [0, 0.05) is 11.4 Å². The predicted molar refractivity (Wildman–Crippen MR) is 63.3 cm³/mol. The van der Waals surface area contributed by atoms with Gasteiger partial charge in [-0.1, -0.05) is 35.0 Å². The second-order valence-corrected chi connectivity index (χ2v) is 4.22. The summed E-state index contributed by atoms with van der Waals surface area (Å²) >= 11 is 5.97. The van der Waals surface area contributed by atoms with Crippen molar-refractivity contribution >= 4 is 17.4 Å². The summed E-state index contributed by atoms with van der Waals surface area (Å²) in [4.78, 5) is 14.7. The molecule has 0 aliphatic rings. The largest absolute Gasteiger partial charge is 0.339 e. The van der Waals surface area contributed by atoms with Crippen LogP contribution in [0.5, 0.6) is 0 Å². The monoisotopic (exact) mass is 286 g/mol. The molecule has 0 saturated carbocycles. The number of hydrogen-bond acceptors (Lipinski definition) is 4. The van der Waals surface area contributed by atoms with Gasteiger partial charge in [0.2, 0.25) is 11.7 Å². The summed E-state index contributed by atoms with van der Waals surface area (Å²) in [5.41, 5.74) is 0.789. The molecule has 1 aromatic heterocycles.